The van der Waals surface area contributed by atoms with Crippen LogP contribution in [-0.4, -0.2) is 10.9 Å². The van der Waals surface area contributed by atoms with Crippen molar-refractivity contribution in [3.05, 3.63) is 51.3 Å². The Morgan fingerprint density at radius 3 is 2.17 bits per heavy atom. The van der Waals surface area contributed by atoms with Gasteiger partial charge in [-0.05, 0) is 105 Å². The van der Waals surface area contributed by atoms with Crippen molar-refractivity contribution >= 4 is 21.8 Å². The van der Waals surface area contributed by atoms with Crippen molar-refractivity contribution in [2.75, 3.05) is 0 Å². The van der Waals surface area contributed by atoms with Crippen LogP contribution in [0.3, 0.4) is 0 Å². The van der Waals surface area contributed by atoms with Gasteiger partial charge in [0.1, 0.15) is 0 Å². The monoisotopic (exact) mass is 464 g/mol. The lowest BCUT2D eigenvalue weighted by molar-refractivity contribution is -0.00763. The third-order valence-corrected chi connectivity index (χ3v) is 8.92. The third-order valence-electron chi connectivity index (χ3n) is 8.39. The maximum absolute atomic E-state index is 13.0. The van der Waals surface area contributed by atoms with Gasteiger partial charge in [-0.3, -0.25) is 9.78 Å². The van der Waals surface area contributed by atoms with Crippen molar-refractivity contribution in [1.82, 2.24) is 4.98 Å². The molecule has 2 N–H and O–H groups in total. The van der Waals surface area contributed by atoms with Crippen LogP contribution in [-0.2, 0) is 18.3 Å². The number of benzene rings is 1. The number of rotatable bonds is 3. The molecule has 4 saturated carbocycles. The summed E-state index contributed by atoms with van der Waals surface area (Å²) in [4.78, 5) is 18.4. The Kier molecular flexibility index (Phi) is 4.39. The van der Waals surface area contributed by atoms with Crippen LogP contribution in [0.25, 0.3) is 11.1 Å². The van der Waals surface area contributed by atoms with Crippen LogP contribution in [0.2, 0.25) is 0 Å². The number of halogens is 1. The van der Waals surface area contributed by atoms with Gasteiger partial charge in [0.15, 0.2) is 0 Å². The van der Waals surface area contributed by atoms with E-state index in [-0.39, 0.29) is 11.3 Å². The van der Waals surface area contributed by atoms with Gasteiger partial charge in [0, 0.05) is 21.1 Å². The second kappa shape index (κ2) is 6.91. The normalized spacial score (nSPS) is 31.6. The highest BCUT2D eigenvalue weighted by atomic mass is 79.9. The molecule has 1 amide bonds. The van der Waals surface area contributed by atoms with Gasteiger partial charge in [0.05, 0.1) is 11.3 Å². The van der Waals surface area contributed by atoms with Gasteiger partial charge in [0.25, 0.3) is 5.91 Å². The molecule has 4 fully saturated rings. The summed E-state index contributed by atoms with van der Waals surface area (Å²) in [7, 11) is 0. The van der Waals surface area contributed by atoms with Crippen LogP contribution in [0, 0.1) is 17.8 Å². The SMILES string of the molecule is NC(=O)c1c(C23CC4CC(CC(C4)C2)C3)nc2c(c1-c1ccc(Br)cc1)CCCC2. The first-order chi connectivity index (χ1) is 14.5. The molecule has 5 aliphatic carbocycles. The number of fused-ring (bicyclic) bond motifs is 1. The molecule has 4 heteroatoms. The number of hydrogen-bond acceptors (Lipinski definition) is 2. The summed E-state index contributed by atoms with van der Waals surface area (Å²) in [5.41, 5.74) is 12.7. The molecule has 0 atom stereocenters. The Bertz CT molecular complexity index is 991. The second-order valence-electron chi connectivity index (χ2n) is 10.4. The van der Waals surface area contributed by atoms with Gasteiger partial charge in [-0.25, -0.2) is 0 Å². The average Bonchev–Trinajstić information content (AvgIpc) is 2.72. The predicted molar refractivity (Wildman–Crippen MR) is 122 cm³/mol. The standard InChI is InChI=1S/C26H29BrN2O/c27-19-7-5-18(6-8-19)22-20-3-1-2-4-21(20)29-24(23(22)25(28)30)26-12-15-9-16(13-26)11-17(10-15)14-26/h5-8,15-17H,1-4,9-14H2,(H2,28,30). The number of amides is 1. The zero-order chi connectivity index (χ0) is 20.5. The fourth-order valence-corrected chi connectivity index (χ4v) is 7.97. The summed E-state index contributed by atoms with van der Waals surface area (Å²) in [6.07, 6.45) is 12.1. The van der Waals surface area contributed by atoms with E-state index in [1.54, 1.807) is 0 Å². The van der Waals surface area contributed by atoms with Gasteiger partial charge >= 0.3 is 0 Å². The van der Waals surface area contributed by atoms with Crippen LogP contribution in [0.15, 0.2) is 28.7 Å². The number of pyridine rings is 1. The molecule has 1 aromatic heterocycles. The molecule has 0 unspecified atom stereocenters. The van der Waals surface area contributed by atoms with Crippen LogP contribution in [0.4, 0.5) is 0 Å². The van der Waals surface area contributed by atoms with Crippen LogP contribution < -0.4 is 5.73 Å². The lowest BCUT2D eigenvalue weighted by Gasteiger charge is -2.57. The number of carbonyl (C=O) groups is 1. The molecule has 0 radical (unpaired) electrons. The van der Waals surface area contributed by atoms with Gasteiger partial charge in [0.2, 0.25) is 0 Å². The highest BCUT2D eigenvalue weighted by Crippen LogP contribution is 2.61. The molecule has 2 aromatic rings. The Morgan fingerprint density at radius 1 is 0.967 bits per heavy atom. The fourth-order valence-electron chi connectivity index (χ4n) is 7.70. The number of aromatic nitrogens is 1. The lowest BCUT2D eigenvalue weighted by atomic mass is 9.48. The average molecular weight is 465 g/mol. The number of nitrogens with two attached hydrogens (primary N) is 1. The van der Waals surface area contributed by atoms with Crippen molar-refractivity contribution in [2.45, 2.75) is 69.6 Å². The molecule has 156 valence electrons. The Labute approximate surface area is 187 Å². The first-order valence-corrected chi connectivity index (χ1v) is 12.4. The Hall–Kier alpha value is -1.68. The smallest absolute Gasteiger partial charge is 0.251 e. The van der Waals surface area contributed by atoms with Crippen LogP contribution >= 0.6 is 15.9 Å². The quantitative estimate of drug-likeness (QED) is 0.609. The van der Waals surface area contributed by atoms with E-state index in [0.717, 1.165) is 63.9 Å². The minimum absolute atomic E-state index is 0.0652. The molecule has 0 saturated heterocycles. The van der Waals surface area contributed by atoms with E-state index in [0.29, 0.717) is 0 Å². The summed E-state index contributed by atoms with van der Waals surface area (Å²) < 4.78 is 1.05. The molecular formula is C26H29BrN2O. The molecule has 1 heterocycles. The number of hydrogen-bond donors (Lipinski definition) is 1. The molecule has 0 spiro atoms. The van der Waals surface area contributed by atoms with Crippen molar-refractivity contribution < 1.29 is 4.79 Å². The van der Waals surface area contributed by atoms with E-state index >= 15 is 0 Å². The highest BCUT2D eigenvalue weighted by Gasteiger charge is 2.53. The summed E-state index contributed by atoms with van der Waals surface area (Å²) in [6.45, 7) is 0. The van der Waals surface area contributed by atoms with Gasteiger partial charge in [-0.15, -0.1) is 0 Å². The van der Waals surface area contributed by atoms with Crippen LogP contribution in [0.1, 0.15) is 78.7 Å². The summed E-state index contributed by atoms with van der Waals surface area (Å²) in [5.74, 6) is 2.14. The van der Waals surface area contributed by atoms with Crippen LogP contribution in [0.5, 0.6) is 0 Å². The first-order valence-electron chi connectivity index (χ1n) is 11.6. The van der Waals surface area contributed by atoms with E-state index in [4.69, 9.17) is 10.7 Å². The minimum Gasteiger partial charge on any atom is -0.366 e. The highest BCUT2D eigenvalue weighted by molar-refractivity contribution is 9.10. The van der Waals surface area contributed by atoms with E-state index in [1.165, 1.54) is 56.2 Å². The Balaban J connectivity index is 1.62. The lowest BCUT2D eigenvalue weighted by Crippen LogP contribution is -2.50. The predicted octanol–water partition coefficient (Wildman–Crippen LogP) is 5.96. The molecule has 0 aliphatic heterocycles. The van der Waals surface area contributed by atoms with Crippen molar-refractivity contribution in [2.24, 2.45) is 23.5 Å². The second-order valence-corrected chi connectivity index (χ2v) is 11.3. The molecule has 1 aromatic carbocycles. The van der Waals surface area contributed by atoms with E-state index < -0.39 is 0 Å². The van der Waals surface area contributed by atoms with Crippen molar-refractivity contribution in [3.63, 3.8) is 0 Å². The third kappa shape index (κ3) is 2.90. The van der Waals surface area contributed by atoms with E-state index in [1.807, 2.05) is 0 Å². The number of primary amides is 1. The summed E-state index contributed by atoms with van der Waals surface area (Å²) in [5, 5.41) is 0. The molecule has 7 rings (SSSR count). The molecule has 4 bridgehead atoms. The molecule has 30 heavy (non-hydrogen) atoms. The van der Waals surface area contributed by atoms with E-state index in [2.05, 4.69) is 40.2 Å². The van der Waals surface area contributed by atoms with E-state index in [9.17, 15) is 4.79 Å². The number of aryl methyl sites for hydroxylation is 1. The zero-order valence-electron chi connectivity index (χ0n) is 17.4. The van der Waals surface area contributed by atoms with Crippen molar-refractivity contribution in [1.29, 1.82) is 0 Å². The zero-order valence-corrected chi connectivity index (χ0v) is 19.0. The van der Waals surface area contributed by atoms with Gasteiger partial charge in [-0.2, -0.15) is 0 Å². The summed E-state index contributed by atoms with van der Waals surface area (Å²) >= 11 is 3.56. The van der Waals surface area contributed by atoms with Gasteiger partial charge in [-0.1, -0.05) is 28.1 Å². The molecule has 5 aliphatic rings. The fraction of sp³-hybridized carbons (Fsp3) is 0.538. The molecular weight excluding hydrogens is 436 g/mol. The largest absolute Gasteiger partial charge is 0.366 e. The van der Waals surface area contributed by atoms with Crippen molar-refractivity contribution in [3.8, 4) is 11.1 Å². The number of nitrogens with zero attached hydrogens (tertiary/aromatic N) is 1. The minimum atomic E-state index is -0.292. The first kappa shape index (κ1) is 19.0. The topological polar surface area (TPSA) is 56.0 Å². The number of carbonyl (C=O) groups excluding carboxylic acids is 1. The summed E-state index contributed by atoms with van der Waals surface area (Å²) in [6, 6.07) is 8.40. The maximum Gasteiger partial charge on any atom is 0.251 e. The molecule has 3 nitrogen and oxygen atoms in total. The van der Waals surface area contributed by atoms with Gasteiger partial charge < -0.3 is 5.73 Å². The Morgan fingerprint density at radius 2 is 1.57 bits per heavy atom. The maximum atomic E-state index is 13.0.